The van der Waals surface area contributed by atoms with E-state index in [2.05, 4.69) is 15.0 Å². The van der Waals surface area contributed by atoms with E-state index in [4.69, 9.17) is 10.5 Å². The van der Waals surface area contributed by atoms with Gasteiger partial charge in [-0.2, -0.15) is 0 Å². The molecule has 1 aromatic carbocycles. The Hall–Kier alpha value is -2.29. The van der Waals surface area contributed by atoms with Crippen molar-refractivity contribution in [2.45, 2.75) is 49.6 Å². The van der Waals surface area contributed by atoms with Crippen LogP contribution in [0, 0.1) is 0 Å². The molecule has 1 saturated heterocycles. The highest BCUT2D eigenvalue weighted by atomic mass is 16.6. The van der Waals surface area contributed by atoms with E-state index < -0.39 is 30.7 Å². The smallest absolute Gasteiger partial charge is 0.161 e. The van der Waals surface area contributed by atoms with Gasteiger partial charge in [0.15, 0.2) is 12.4 Å². The van der Waals surface area contributed by atoms with E-state index in [0.717, 1.165) is 5.56 Å². The zero-order valence-corrected chi connectivity index (χ0v) is 13.8. The number of hydrogen-bond acceptors (Lipinski definition) is 8. The molecular formula is C17H21N5O3. The Balaban J connectivity index is 1.54. The van der Waals surface area contributed by atoms with E-state index in [0.29, 0.717) is 5.84 Å². The van der Waals surface area contributed by atoms with Gasteiger partial charge in [0.2, 0.25) is 0 Å². The van der Waals surface area contributed by atoms with Crippen molar-refractivity contribution < 1.29 is 14.9 Å². The lowest BCUT2D eigenvalue weighted by atomic mass is 9.91. The van der Waals surface area contributed by atoms with Crippen LogP contribution < -0.4 is 5.73 Å². The van der Waals surface area contributed by atoms with Gasteiger partial charge in [0.05, 0.1) is 12.4 Å². The summed E-state index contributed by atoms with van der Waals surface area (Å²) in [5.74, 6) is 0.300. The van der Waals surface area contributed by atoms with Crippen LogP contribution in [0.5, 0.6) is 0 Å². The van der Waals surface area contributed by atoms with Gasteiger partial charge in [0.1, 0.15) is 30.4 Å². The maximum absolute atomic E-state index is 10.5. The molecule has 4 N–H and O–H groups in total. The van der Waals surface area contributed by atoms with E-state index in [1.165, 1.54) is 6.34 Å². The van der Waals surface area contributed by atoms with Crippen molar-refractivity contribution in [3.63, 3.8) is 0 Å². The molecule has 2 unspecified atom stereocenters. The molecule has 3 aliphatic rings. The van der Waals surface area contributed by atoms with Crippen LogP contribution in [0.2, 0.25) is 0 Å². The zero-order valence-electron chi connectivity index (χ0n) is 13.8. The molecule has 25 heavy (non-hydrogen) atoms. The minimum Gasteiger partial charge on any atom is -0.387 e. The second kappa shape index (κ2) is 6.21. The molecular weight excluding hydrogens is 322 g/mol. The summed E-state index contributed by atoms with van der Waals surface area (Å²) in [4.78, 5) is 14.3. The molecule has 0 radical (unpaired) electrons. The topological polar surface area (TPSA) is 116 Å². The number of aliphatic imine (C=N–C) groups is 3. The van der Waals surface area contributed by atoms with Crippen LogP contribution >= 0.6 is 0 Å². The third-order valence-corrected chi connectivity index (χ3v) is 5.06. The summed E-state index contributed by atoms with van der Waals surface area (Å²) < 4.78 is 6.05. The average molecular weight is 343 g/mol. The quantitative estimate of drug-likeness (QED) is 0.695. The highest BCUT2D eigenvalue weighted by Gasteiger charge is 2.51. The Morgan fingerprint density at radius 2 is 1.92 bits per heavy atom. The average Bonchev–Trinajstić information content (AvgIpc) is 3.18. The lowest BCUT2D eigenvalue weighted by molar-refractivity contribution is -0.0719. The number of nitrogens with zero attached hydrogens (tertiary/aromatic N) is 4. The maximum atomic E-state index is 10.5. The van der Waals surface area contributed by atoms with Crippen molar-refractivity contribution >= 4 is 18.5 Å². The zero-order chi connectivity index (χ0) is 17.6. The summed E-state index contributed by atoms with van der Waals surface area (Å²) in [6.45, 7) is 1.97. The Kier molecular flexibility index (Phi) is 4.03. The monoisotopic (exact) mass is 343 g/mol. The van der Waals surface area contributed by atoms with Crippen LogP contribution in [0.3, 0.4) is 0 Å². The first-order chi connectivity index (χ1) is 12.1. The van der Waals surface area contributed by atoms with Gasteiger partial charge in [-0.05, 0) is 5.56 Å². The summed E-state index contributed by atoms with van der Waals surface area (Å²) in [5.41, 5.74) is 6.90. The van der Waals surface area contributed by atoms with Crippen LogP contribution in [-0.4, -0.2) is 70.4 Å². The van der Waals surface area contributed by atoms with Crippen LogP contribution in [0.4, 0.5) is 0 Å². The Bertz CT molecular complexity index is 722. The molecule has 1 aromatic rings. The molecule has 8 heteroatoms. The fraction of sp³-hybridized carbons (Fsp3) is 0.471. The maximum Gasteiger partial charge on any atom is 0.161 e. The summed E-state index contributed by atoms with van der Waals surface area (Å²) in [6, 6.07) is 9.40. The van der Waals surface area contributed by atoms with Crippen LogP contribution in [0.25, 0.3) is 0 Å². The number of aliphatic hydroxyl groups is 2. The first-order valence-electron chi connectivity index (χ1n) is 8.30. The molecule has 0 amide bonds. The second-order valence-electron chi connectivity index (χ2n) is 6.56. The molecule has 3 aliphatic heterocycles. The summed E-state index contributed by atoms with van der Waals surface area (Å²) >= 11 is 0. The molecule has 0 aliphatic carbocycles. The van der Waals surface area contributed by atoms with E-state index in [-0.39, 0.29) is 12.0 Å². The van der Waals surface area contributed by atoms with Gasteiger partial charge in [-0.3, -0.25) is 4.99 Å². The minimum absolute atomic E-state index is 0.0762. The van der Waals surface area contributed by atoms with E-state index in [1.54, 1.807) is 11.2 Å². The van der Waals surface area contributed by atoms with E-state index in [9.17, 15) is 10.2 Å². The fourth-order valence-electron chi connectivity index (χ4n) is 3.60. The van der Waals surface area contributed by atoms with Gasteiger partial charge in [-0.1, -0.05) is 37.3 Å². The lowest BCUT2D eigenvalue weighted by Crippen LogP contribution is -2.51. The number of nitrogens with two attached hydrogens (primary N) is 1. The molecule has 0 bridgehead atoms. The Labute approximate surface area is 145 Å². The SMILES string of the molecule is C[C@H](c1ccccc1)[C@@H]1O[C@@H](N2C=NC3C(N)=NC=NC32)[C@H](O)[C@H]1O. The molecule has 3 heterocycles. The Morgan fingerprint density at radius 1 is 1.16 bits per heavy atom. The van der Waals surface area contributed by atoms with Crippen LogP contribution in [0.15, 0.2) is 45.3 Å². The van der Waals surface area contributed by atoms with Gasteiger partial charge in [-0.15, -0.1) is 0 Å². The number of hydrogen-bond donors (Lipinski definition) is 3. The van der Waals surface area contributed by atoms with Gasteiger partial charge in [0, 0.05) is 5.92 Å². The predicted octanol–water partition coefficient (Wildman–Crippen LogP) is -0.325. The predicted molar refractivity (Wildman–Crippen MR) is 93.6 cm³/mol. The standard InChI is InChI=1S/C17H21N5O3/c1-9(10-5-3-2-4-6-10)14-12(23)13(24)17(25-14)22-8-21-11-15(18)19-7-20-16(11)22/h2-9,11-14,16-17,23-24H,1H3,(H2,18,19,20)/t9-,11?,12-,13-,14+,16?,17-/m1/s1. The highest BCUT2D eigenvalue weighted by molar-refractivity contribution is 5.96. The normalized spacial score (nSPS) is 37.9. The van der Waals surface area contributed by atoms with Crippen molar-refractivity contribution in [1.82, 2.24) is 4.90 Å². The molecule has 4 rings (SSSR count). The molecule has 1 fully saturated rings. The van der Waals surface area contributed by atoms with Gasteiger partial charge in [0.25, 0.3) is 0 Å². The molecule has 0 saturated carbocycles. The van der Waals surface area contributed by atoms with Crippen molar-refractivity contribution in [2.75, 3.05) is 0 Å². The summed E-state index contributed by atoms with van der Waals surface area (Å²) in [5, 5.41) is 21.1. The molecule has 7 atom stereocenters. The highest BCUT2D eigenvalue weighted by Crippen LogP contribution is 2.35. The van der Waals surface area contributed by atoms with Crippen molar-refractivity contribution in [3.05, 3.63) is 35.9 Å². The number of amidine groups is 1. The number of fused-ring (bicyclic) bond motifs is 1. The second-order valence-corrected chi connectivity index (χ2v) is 6.56. The number of rotatable bonds is 3. The van der Waals surface area contributed by atoms with Gasteiger partial charge in [-0.25, -0.2) is 9.98 Å². The third kappa shape index (κ3) is 2.62. The van der Waals surface area contributed by atoms with Crippen molar-refractivity contribution in [1.29, 1.82) is 0 Å². The van der Waals surface area contributed by atoms with Crippen LogP contribution in [0.1, 0.15) is 18.4 Å². The number of benzene rings is 1. The molecule has 0 aromatic heterocycles. The summed E-state index contributed by atoms with van der Waals surface area (Å²) in [7, 11) is 0. The molecule has 0 spiro atoms. The van der Waals surface area contributed by atoms with Gasteiger partial charge < -0.3 is 25.6 Å². The first kappa shape index (κ1) is 16.2. The molecule has 8 nitrogen and oxygen atoms in total. The fourth-order valence-corrected chi connectivity index (χ4v) is 3.60. The van der Waals surface area contributed by atoms with Crippen molar-refractivity contribution in [2.24, 2.45) is 20.7 Å². The first-order valence-corrected chi connectivity index (χ1v) is 8.30. The lowest BCUT2D eigenvalue weighted by Gasteiger charge is -2.32. The Morgan fingerprint density at radius 3 is 2.68 bits per heavy atom. The third-order valence-electron chi connectivity index (χ3n) is 5.06. The van der Waals surface area contributed by atoms with Crippen LogP contribution in [-0.2, 0) is 4.74 Å². The number of ether oxygens (including phenoxy) is 1. The van der Waals surface area contributed by atoms with Gasteiger partial charge >= 0.3 is 0 Å². The summed E-state index contributed by atoms with van der Waals surface area (Å²) in [6.07, 6.45) is -0.810. The minimum atomic E-state index is -1.07. The van der Waals surface area contributed by atoms with Crippen molar-refractivity contribution in [3.8, 4) is 0 Å². The largest absolute Gasteiger partial charge is 0.387 e. The van der Waals surface area contributed by atoms with E-state index in [1.807, 2.05) is 37.3 Å². The van der Waals surface area contributed by atoms with E-state index >= 15 is 0 Å². The number of aliphatic hydroxyl groups excluding tert-OH is 2. The molecule has 132 valence electrons.